The lowest BCUT2D eigenvalue weighted by atomic mass is 9.84. The third kappa shape index (κ3) is 1.84. The molecule has 1 aromatic rings. The molecule has 0 spiro atoms. The highest BCUT2D eigenvalue weighted by Gasteiger charge is 2.70. The summed E-state index contributed by atoms with van der Waals surface area (Å²) in [7, 11) is 2.98. The van der Waals surface area contributed by atoms with E-state index in [0.29, 0.717) is 13.0 Å². The summed E-state index contributed by atoms with van der Waals surface area (Å²) in [5.41, 5.74) is -0.00212. The SMILES string of the molecule is COC(=O)[C@@]12CC[C@H]3N=N[C@@H](C(=O)N1Cc1ccc(OC)cc1)[C@H]32. The number of hydrogen-bond donors (Lipinski definition) is 0. The number of carbonyl (C=O) groups excluding carboxylic acids is 2. The fourth-order valence-corrected chi connectivity index (χ4v) is 4.39. The number of esters is 1. The van der Waals surface area contributed by atoms with Gasteiger partial charge in [0.25, 0.3) is 5.91 Å². The monoisotopic (exact) mass is 329 g/mol. The Balaban J connectivity index is 1.70. The van der Waals surface area contributed by atoms with E-state index in [1.165, 1.54) is 7.11 Å². The van der Waals surface area contributed by atoms with Crippen LogP contribution < -0.4 is 4.74 Å². The Morgan fingerprint density at radius 3 is 2.71 bits per heavy atom. The highest BCUT2D eigenvalue weighted by molar-refractivity contribution is 5.96. The lowest BCUT2D eigenvalue weighted by Crippen LogP contribution is -2.54. The van der Waals surface area contributed by atoms with Crippen LogP contribution in [-0.4, -0.2) is 48.6 Å². The minimum Gasteiger partial charge on any atom is -0.497 e. The number of amides is 1. The Labute approximate surface area is 139 Å². The van der Waals surface area contributed by atoms with E-state index >= 15 is 0 Å². The molecular formula is C17H19N3O4. The first-order valence-corrected chi connectivity index (χ1v) is 8.04. The quantitative estimate of drug-likeness (QED) is 0.785. The van der Waals surface area contributed by atoms with E-state index in [-0.39, 0.29) is 23.8 Å². The zero-order chi connectivity index (χ0) is 16.9. The van der Waals surface area contributed by atoms with Gasteiger partial charge in [0.05, 0.1) is 26.2 Å². The molecule has 1 amide bonds. The zero-order valence-corrected chi connectivity index (χ0v) is 13.6. The van der Waals surface area contributed by atoms with Crippen molar-refractivity contribution >= 4 is 11.9 Å². The molecule has 1 saturated heterocycles. The van der Waals surface area contributed by atoms with Crippen molar-refractivity contribution in [3.63, 3.8) is 0 Å². The van der Waals surface area contributed by atoms with Gasteiger partial charge in [-0.1, -0.05) is 12.1 Å². The third-order valence-electron chi connectivity index (χ3n) is 5.51. The highest BCUT2D eigenvalue weighted by atomic mass is 16.5. The Morgan fingerprint density at radius 1 is 1.29 bits per heavy atom. The summed E-state index contributed by atoms with van der Waals surface area (Å²) >= 11 is 0. The topological polar surface area (TPSA) is 80.6 Å². The van der Waals surface area contributed by atoms with Crippen molar-refractivity contribution in [1.29, 1.82) is 0 Å². The van der Waals surface area contributed by atoms with Gasteiger partial charge >= 0.3 is 5.97 Å². The van der Waals surface area contributed by atoms with Crippen LogP contribution in [0.25, 0.3) is 0 Å². The van der Waals surface area contributed by atoms with Crippen LogP contribution in [0.15, 0.2) is 34.5 Å². The van der Waals surface area contributed by atoms with Crippen molar-refractivity contribution in [3.05, 3.63) is 29.8 Å². The maximum Gasteiger partial charge on any atom is 0.332 e. The molecule has 7 heteroatoms. The van der Waals surface area contributed by atoms with Crippen LogP contribution in [0, 0.1) is 5.92 Å². The van der Waals surface area contributed by atoms with Crippen LogP contribution in [0.4, 0.5) is 0 Å². The van der Waals surface area contributed by atoms with Crippen molar-refractivity contribution in [1.82, 2.24) is 4.90 Å². The molecule has 2 heterocycles. The molecule has 3 aliphatic rings. The van der Waals surface area contributed by atoms with E-state index in [4.69, 9.17) is 9.47 Å². The van der Waals surface area contributed by atoms with Crippen molar-refractivity contribution in [2.45, 2.75) is 37.0 Å². The molecule has 2 aliphatic heterocycles. The predicted molar refractivity (Wildman–Crippen MR) is 83.4 cm³/mol. The minimum absolute atomic E-state index is 0.0566. The van der Waals surface area contributed by atoms with Crippen LogP contribution in [0.5, 0.6) is 5.75 Å². The molecule has 0 bridgehead atoms. The van der Waals surface area contributed by atoms with E-state index in [2.05, 4.69) is 10.2 Å². The second kappa shape index (κ2) is 5.29. The van der Waals surface area contributed by atoms with Gasteiger partial charge in [0.2, 0.25) is 0 Å². The Hall–Kier alpha value is -2.44. The smallest absolute Gasteiger partial charge is 0.332 e. The molecule has 0 aromatic heterocycles. The first-order chi connectivity index (χ1) is 11.6. The van der Waals surface area contributed by atoms with E-state index in [1.807, 2.05) is 24.3 Å². The molecule has 1 saturated carbocycles. The lowest BCUT2D eigenvalue weighted by molar-refractivity contribution is -0.159. The number of ether oxygens (including phenoxy) is 2. The number of methoxy groups -OCH3 is 2. The van der Waals surface area contributed by atoms with Gasteiger partial charge in [-0.15, -0.1) is 0 Å². The maximum atomic E-state index is 12.9. The summed E-state index contributed by atoms with van der Waals surface area (Å²) < 4.78 is 10.2. The van der Waals surface area contributed by atoms with Crippen LogP contribution in [0.3, 0.4) is 0 Å². The van der Waals surface area contributed by atoms with Crippen LogP contribution in [0.2, 0.25) is 0 Å². The molecule has 4 atom stereocenters. The summed E-state index contributed by atoms with van der Waals surface area (Å²) in [6.07, 6.45) is 1.33. The van der Waals surface area contributed by atoms with Gasteiger partial charge in [-0.25, -0.2) is 4.79 Å². The van der Waals surface area contributed by atoms with Crippen molar-refractivity contribution in [2.24, 2.45) is 16.1 Å². The van der Waals surface area contributed by atoms with E-state index in [1.54, 1.807) is 12.0 Å². The molecule has 24 heavy (non-hydrogen) atoms. The normalized spacial score (nSPS) is 33.0. The van der Waals surface area contributed by atoms with Crippen molar-refractivity contribution in [3.8, 4) is 5.75 Å². The average molecular weight is 329 g/mol. The highest BCUT2D eigenvalue weighted by Crippen LogP contribution is 2.54. The molecule has 1 aromatic carbocycles. The van der Waals surface area contributed by atoms with Crippen molar-refractivity contribution in [2.75, 3.05) is 14.2 Å². The van der Waals surface area contributed by atoms with E-state index in [0.717, 1.165) is 17.7 Å². The Bertz CT molecular complexity index is 717. The molecule has 1 aliphatic carbocycles. The first-order valence-electron chi connectivity index (χ1n) is 8.04. The van der Waals surface area contributed by atoms with Crippen LogP contribution in [0.1, 0.15) is 18.4 Å². The number of azo groups is 1. The number of hydrogen-bond acceptors (Lipinski definition) is 6. The van der Waals surface area contributed by atoms with Gasteiger partial charge in [-0.2, -0.15) is 10.2 Å². The Kier molecular flexibility index (Phi) is 3.33. The molecule has 7 nitrogen and oxygen atoms in total. The maximum absolute atomic E-state index is 12.9. The van der Waals surface area contributed by atoms with Gasteiger partial charge < -0.3 is 14.4 Å². The summed E-state index contributed by atoms with van der Waals surface area (Å²) in [6, 6.07) is 6.89. The summed E-state index contributed by atoms with van der Waals surface area (Å²) in [5.74, 6) is 0.0651. The second-order valence-corrected chi connectivity index (χ2v) is 6.50. The standard InChI is InChI=1S/C17H19N3O4/c1-23-11-5-3-10(4-6-11)9-20-15(21)14-13-12(18-19-14)7-8-17(13,20)16(22)24-2/h3-6,12-14H,7-9H2,1-2H3/t12-,13+,14-,17+/m1/s1. The van der Waals surface area contributed by atoms with Crippen LogP contribution in [-0.2, 0) is 20.9 Å². The second-order valence-electron chi connectivity index (χ2n) is 6.50. The fraction of sp³-hybridized carbons (Fsp3) is 0.529. The molecule has 0 N–H and O–H groups in total. The number of likely N-dealkylation sites (tertiary alicyclic amines) is 1. The number of carbonyl (C=O) groups is 2. The molecule has 2 fully saturated rings. The van der Waals surface area contributed by atoms with Gasteiger partial charge in [0, 0.05) is 6.54 Å². The molecule has 4 rings (SSSR count). The zero-order valence-electron chi connectivity index (χ0n) is 13.6. The van der Waals surface area contributed by atoms with E-state index < -0.39 is 11.6 Å². The summed E-state index contributed by atoms with van der Waals surface area (Å²) in [6.45, 7) is 0.354. The van der Waals surface area contributed by atoms with Gasteiger partial charge in [0.1, 0.15) is 11.3 Å². The van der Waals surface area contributed by atoms with Crippen LogP contribution >= 0.6 is 0 Å². The van der Waals surface area contributed by atoms with Gasteiger partial charge in [0.15, 0.2) is 6.04 Å². The number of nitrogens with zero attached hydrogens (tertiary/aromatic N) is 3. The fourth-order valence-electron chi connectivity index (χ4n) is 4.39. The molecular weight excluding hydrogens is 310 g/mol. The molecule has 0 unspecified atom stereocenters. The van der Waals surface area contributed by atoms with Crippen molar-refractivity contribution < 1.29 is 19.1 Å². The Morgan fingerprint density at radius 2 is 2.04 bits per heavy atom. The lowest BCUT2D eigenvalue weighted by Gasteiger charge is -2.35. The minimum atomic E-state index is -0.940. The van der Waals surface area contributed by atoms with E-state index in [9.17, 15) is 9.59 Å². The average Bonchev–Trinajstić information content (AvgIpc) is 3.26. The molecule has 0 radical (unpaired) electrons. The summed E-state index contributed by atoms with van der Waals surface area (Å²) in [4.78, 5) is 27.2. The number of rotatable bonds is 4. The largest absolute Gasteiger partial charge is 0.497 e. The molecule has 126 valence electrons. The van der Waals surface area contributed by atoms with Gasteiger partial charge in [-0.3, -0.25) is 4.79 Å². The number of benzene rings is 1. The van der Waals surface area contributed by atoms with Gasteiger partial charge in [-0.05, 0) is 30.5 Å². The third-order valence-corrected chi connectivity index (χ3v) is 5.51. The predicted octanol–water partition coefficient (Wildman–Crippen LogP) is 1.56. The summed E-state index contributed by atoms with van der Waals surface area (Å²) in [5, 5.41) is 8.36. The first kappa shape index (κ1) is 15.1.